The fraction of sp³-hybridized carbons (Fsp3) is 0.800. The number of piperidine rings is 1. The fourth-order valence-electron chi connectivity index (χ4n) is 2.98. The minimum Gasteiger partial charge on any atom is -0.357 e. The van der Waals surface area contributed by atoms with Crippen LogP contribution in [0.5, 0.6) is 0 Å². The molecule has 0 bridgehead atoms. The topological polar surface area (TPSA) is 70.4 Å². The second-order valence-corrected chi connectivity index (χ2v) is 6.18. The van der Waals surface area contributed by atoms with Crippen LogP contribution in [0.25, 0.3) is 0 Å². The number of nitrogens with zero attached hydrogens (tertiary/aromatic N) is 5. The molecule has 2 aliphatic rings. The predicted octanol–water partition coefficient (Wildman–Crippen LogP) is 0.497. The highest BCUT2D eigenvalue weighted by Crippen LogP contribution is 2.29. The molecule has 0 unspecified atom stereocenters. The van der Waals surface area contributed by atoms with Gasteiger partial charge < -0.3 is 15.5 Å². The van der Waals surface area contributed by atoms with Gasteiger partial charge in [0.05, 0.1) is 0 Å². The molecule has 7 nitrogen and oxygen atoms in total. The van der Waals surface area contributed by atoms with Crippen LogP contribution in [0.2, 0.25) is 0 Å². The molecular weight excluding hydrogens is 278 g/mol. The molecule has 0 radical (unpaired) electrons. The van der Waals surface area contributed by atoms with Crippen molar-refractivity contribution in [2.75, 3.05) is 19.6 Å². The van der Waals surface area contributed by atoms with Crippen LogP contribution in [-0.4, -0.2) is 57.3 Å². The minimum atomic E-state index is 0.521. The lowest BCUT2D eigenvalue weighted by molar-refractivity contribution is 0.197. The van der Waals surface area contributed by atoms with Crippen molar-refractivity contribution in [1.82, 2.24) is 30.3 Å². The molecule has 122 valence electrons. The number of hydrogen-bond donors (Lipinski definition) is 2. The lowest BCUT2D eigenvalue weighted by Crippen LogP contribution is -2.49. The highest BCUT2D eigenvalue weighted by molar-refractivity contribution is 5.80. The van der Waals surface area contributed by atoms with E-state index in [9.17, 15) is 0 Å². The van der Waals surface area contributed by atoms with Gasteiger partial charge in [0.1, 0.15) is 18.7 Å². The molecule has 7 heteroatoms. The Labute approximate surface area is 132 Å². The molecular formula is C15H27N7. The second kappa shape index (κ2) is 7.09. The summed E-state index contributed by atoms with van der Waals surface area (Å²) >= 11 is 0. The molecule has 0 spiro atoms. The first kappa shape index (κ1) is 15.3. The third-order valence-electron chi connectivity index (χ3n) is 4.46. The van der Waals surface area contributed by atoms with E-state index in [1.54, 1.807) is 11.0 Å². The summed E-state index contributed by atoms with van der Waals surface area (Å²) in [6, 6.07) is 1.41. The zero-order chi connectivity index (χ0) is 15.4. The third-order valence-corrected chi connectivity index (χ3v) is 4.46. The number of hydrogen-bond acceptors (Lipinski definition) is 4. The van der Waals surface area contributed by atoms with Crippen molar-refractivity contribution in [2.45, 2.75) is 51.2 Å². The molecule has 1 aromatic rings. The van der Waals surface area contributed by atoms with Gasteiger partial charge in [-0.25, -0.2) is 9.98 Å². The maximum absolute atomic E-state index is 4.63. The summed E-state index contributed by atoms with van der Waals surface area (Å²) in [6.07, 6.45) is 6.77. The van der Waals surface area contributed by atoms with Gasteiger partial charge in [0.15, 0.2) is 5.96 Å². The van der Waals surface area contributed by atoms with E-state index in [2.05, 4.69) is 37.5 Å². The quantitative estimate of drug-likeness (QED) is 0.612. The number of nitrogens with one attached hydrogen (secondary N) is 2. The van der Waals surface area contributed by atoms with Gasteiger partial charge in [-0.15, -0.1) is 0 Å². The fourth-order valence-corrected chi connectivity index (χ4v) is 2.98. The van der Waals surface area contributed by atoms with E-state index in [-0.39, 0.29) is 0 Å². The number of rotatable bonds is 5. The number of guanidine groups is 1. The molecule has 1 saturated carbocycles. The Balaban J connectivity index is 1.51. The van der Waals surface area contributed by atoms with Crippen LogP contribution in [0, 0.1) is 0 Å². The Hall–Kier alpha value is -1.63. The van der Waals surface area contributed by atoms with Crippen molar-refractivity contribution in [3.63, 3.8) is 0 Å². The number of aliphatic imine (C=N–C) groups is 1. The van der Waals surface area contributed by atoms with Crippen molar-refractivity contribution < 1.29 is 0 Å². The molecule has 2 heterocycles. The zero-order valence-electron chi connectivity index (χ0n) is 13.6. The molecule has 1 aromatic heterocycles. The summed E-state index contributed by atoms with van der Waals surface area (Å²) in [5.41, 5.74) is 0. The second-order valence-electron chi connectivity index (χ2n) is 6.18. The molecule has 22 heavy (non-hydrogen) atoms. The average molecular weight is 305 g/mol. The van der Waals surface area contributed by atoms with Crippen molar-refractivity contribution in [1.29, 1.82) is 0 Å². The lowest BCUT2D eigenvalue weighted by atomic mass is 10.1. The first-order valence-corrected chi connectivity index (χ1v) is 8.38. The Kier molecular flexibility index (Phi) is 4.92. The van der Waals surface area contributed by atoms with Crippen LogP contribution in [0.3, 0.4) is 0 Å². The first-order chi connectivity index (χ1) is 10.8. The van der Waals surface area contributed by atoms with Gasteiger partial charge in [-0.05, 0) is 32.6 Å². The van der Waals surface area contributed by atoms with Gasteiger partial charge in [-0.1, -0.05) is 0 Å². The number of aryl methyl sites for hydroxylation is 1. The molecule has 2 fully saturated rings. The Bertz CT molecular complexity index is 498. The Morgan fingerprint density at radius 3 is 2.68 bits per heavy atom. The van der Waals surface area contributed by atoms with Gasteiger partial charge in [-0.2, -0.15) is 5.10 Å². The van der Waals surface area contributed by atoms with Crippen LogP contribution in [0.15, 0.2) is 11.3 Å². The van der Waals surface area contributed by atoms with Crippen LogP contribution in [0.1, 0.15) is 38.4 Å². The van der Waals surface area contributed by atoms with E-state index >= 15 is 0 Å². The Morgan fingerprint density at radius 2 is 2.09 bits per heavy atom. The van der Waals surface area contributed by atoms with Crippen molar-refractivity contribution in [2.24, 2.45) is 12.0 Å². The zero-order valence-corrected chi connectivity index (χ0v) is 13.6. The molecule has 1 aliphatic heterocycles. The van der Waals surface area contributed by atoms with Crippen LogP contribution < -0.4 is 10.6 Å². The van der Waals surface area contributed by atoms with Gasteiger partial charge in [0, 0.05) is 38.8 Å². The van der Waals surface area contributed by atoms with Gasteiger partial charge in [0.2, 0.25) is 0 Å². The van der Waals surface area contributed by atoms with Crippen LogP contribution in [0.4, 0.5) is 0 Å². The molecule has 0 atom stereocenters. The Morgan fingerprint density at radius 1 is 1.32 bits per heavy atom. The molecule has 1 saturated heterocycles. The SMILES string of the molecule is CCNC(=NCc1ncnn1C)NC1CCN(C2CC2)CC1. The minimum absolute atomic E-state index is 0.521. The molecule has 0 amide bonds. The first-order valence-electron chi connectivity index (χ1n) is 8.38. The van der Waals surface area contributed by atoms with Crippen LogP contribution >= 0.6 is 0 Å². The summed E-state index contributed by atoms with van der Waals surface area (Å²) in [4.78, 5) is 11.5. The van der Waals surface area contributed by atoms with E-state index in [0.29, 0.717) is 12.6 Å². The normalized spacial score (nSPS) is 21.1. The van der Waals surface area contributed by atoms with Crippen LogP contribution in [-0.2, 0) is 13.6 Å². The molecule has 0 aromatic carbocycles. The summed E-state index contributed by atoms with van der Waals surface area (Å²) in [7, 11) is 1.89. The number of likely N-dealkylation sites (tertiary alicyclic amines) is 1. The molecule has 3 rings (SSSR count). The van der Waals surface area contributed by atoms with E-state index in [1.165, 1.54) is 38.8 Å². The summed E-state index contributed by atoms with van der Waals surface area (Å²) < 4.78 is 1.77. The third kappa shape index (κ3) is 3.97. The van der Waals surface area contributed by atoms with Crippen molar-refractivity contribution >= 4 is 5.96 Å². The smallest absolute Gasteiger partial charge is 0.191 e. The number of aromatic nitrogens is 3. The standard InChI is InChI=1S/C15H27N7/c1-3-16-15(17-10-14-18-11-19-21(14)2)20-12-6-8-22(9-7-12)13-4-5-13/h11-13H,3-10H2,1-2H3,(H2,16,17,20). The van der Waals surface area contributed by atoms with E-state index in [1.807, 2.05) is 7.05 Å². The van der Waals surface area contributed by atoms with Gasteiger partial charge in [0.25, 0.3) is 0 Å². The maximum Gasteiger partial charge on any atom is 0.191 e. The molecule has 1 aliphatic carbocycles. The largest absolute Gasteiger partial charge is 0.357 e. The highest BCUT2D eigenvalue weighted by Gasteiger charge is 2.31. The maximum atomic E-state index is 4.63. The monoisotopic (exact) mass is 305 g/mol. The average Bonchev–Trinajstić information content (AvgIpc) is 3.29. The lowest BCUT2D eigenvalue weighted by Gasteiger charge is -2.33. The highest BCUT2D eigenvalue weighted by atomic mass is 15.3. The summed E-state index contributed by atoms with van der Waals surface area (Å²) in [5.74, 6) is 1.76. The predicted molar refractivity (Wildman–Crippen MR) is 86.6 cm³/mol. The van der Waals surface area contributed by atoms with Crippen molar-refractivity contribution in [3.05, 3.63) is 12.2 Å². The summed E-state index contributed by atoms with van der Waals surface area (Å²) in [6.45, 7) is 5.93. The van der Waals surface area contributed by atoms with Crippen molar-refractivity contribution in [3.8, 4) is 0 Å². The summed E-state index contributed by atoms with van der Waals surface area (Å²) in [5, 5.41) is 11.0. The van der Waals surface area contributed by atoms with Gasteiger partial charge in [-0.3, -0.25) is 4.68 Å². The van der Waals surface area contributed by atoms with Gasteiger partial charge >= 0.3 is 0 Å². The van der Waals surface area contributed by atoms with E-state index < -0.39 is 0 Å². The van der Waals surface area contributed by atoms with E-state index in [4.69, 9.17) is 0 Å². The van der Waals surface area contributed by atoms with E-state index in [0.717, 1.165) is 24.4 Å². The molecule has 2 N–H and O–H groups in total.